The molecule has 0 bridgehead atoms. The Bertz CT molecular complexity index is 1150. The number of amides is 1. The summed E-state index contributed by atoms with van der Waals surface area (Å²) < 4.78 is 51.8. The van der Waals surface area contributed by atoms with Gasteiger partial charge in [-0.3, -0.25) is 9.78 Å². The molecule has 2 heterocycles. The van der Waals surface area contributed by atoms with E-state index in [4.69, 9.17) is 9.47 Å². The molecule has 0 aliphatic heterocycles. The molecule has 0 radical (unpaired) electrons. The molecule has 3 rings (SSSR count). The number of carbonyl (C=O) groups is 2. The van der Waals surface area contributed by atoms with E-state index in [1.165, 1.54) is 13.0 Å². The largest absolute Gasteiger partial charge is 0.493 e. The number of pyridine rings is 1. The summed E-state index contributed by atoms with van der Waals surface area (Å²) in [4.78, 5) is 34.4. The number of nitrogens with zero attached hydrogens (tertiary/aromatic N) is 3. The topological polar surface area (TPSA) is 81.6 Å². The number of alkyl halides is 3. The van der Waals surface area contributed by atoms with Crippen LogP contribution in [0.2, 0.25) is 0 Å². The quantitative estimate of drug-likeness (QED) is 0.200. The van der Waals surface area contributed by atoms with E-state index in [1.54, 1.807) is 29.9 Å². The molecular formula is C24H24F3N3O4S. The Balaban J connectivity index is 2.04. The van der Waals surface area contributed by atoms with Gasteiger partial charge >= 0.3 is 18.1 Å². The highest BCUT2D eigenvalue weighted by atomic mass is 32.1. The maximum absolute atomic E-state index is 13.9. The van der Waals surface area contributed by atoms with Gasteiger partial charge in [-0.2, -0.15) is 13.2 Å². The Morgan fingerprint density at radius 3 is 2.60 bits per heavy atom. The highest BCUT2D eigenvalue weighted by Crippen LogP contribution is 2.41. The van der Waals surface area contributed by atoms with E-state index in [2.05, 4.69) is 9.97 Å². The molecule has 186 valence electrons. The van der Waals surface area contributed by atoms with Crippen LogP contribution in [0.25, 0.3) is 11.3 Å². The van der Waals surface area contributed by atoms with Crippen molar-refractivity contribution in [2.75, 3.05) is 18.1 Å². The Morgan fingerprint density at radius 1 is 1.14 bits per heavy atom. The number of hydrogen-bond acceptors (Lipinski definition) is 7. The van der Waals surface area contributed by atoms with Crippen LogP contribution in [0.5, 0.6) is 5.75 Å². The van der Waals surface area contributed by atoms with Crippen LogP contribution in [0.15, 0.2) is 48.1 Å². The molecule has 0 aliphatic carbocycles. The van der Waals surface area contributed by atoms with Crippen LogP contribution in [0, 0.1) is 0 Å². The molecule has 0 saturated carbocycles. The van der Waals surface area contributed by atoms with Gasteiger partial charge in [-0.15, -0.1) is 11.3 Å². The summed E-state index contributed by atoms with van der Waals surface area (Å²) in [5.74, 6) is -2.72. The normalized spacial score (nSPS) is 11.2. The minimum absolute atomic E-state index is 0.00615. The van der Waals surface area contributed by atoms with Crippen LogP contribution >= 0.6 is 11.3 Å². The Kier molecular flexibility index (Phi) is 8.80. The first-order valence-corrected chi connectivity index (χ1v) is 11.8. The van der Waals surface area contributed by atoms with Crippen molar-refractivity contribution in [3.63, 3.8) is 0 Å². The monoisotopic (exact) mass is 507 g/mol. The van der Waals surface area contributed by atoms with E-state index in [1.807, 2.05) is 6.92 Å². The van der Waals surface area contributed by atoms with Crippen molar-refractivity contribution >= 4 is 34.0 Å². The van der Waals surface area contributed by atoms with Gasteiger partial charge < -0.3 is 9.47 Å². The average Bonchev–Trinajstić information content (AvgIpc) is 3.32. The highest BCUT2D eigenvalue weighted by molar-refractivity contribution is 7.14. The lowest BCUT2D eigenvalue weighted by molar-refractivity contribution is -0.152. The Hall–Kier alpha value is -3.47. The van der Waals surface area contributed by atoms with Crippen molar-refractivity contribution in [3.05, 3.63) is 53.7 Å². The molecule has 0 spiro atoms. The zero-order valence-electron chi connectivity index (χ0n) is 19.2. The zero-order chi connectivity index (χ0) is 25.4. The number of aromatic nitrogens is 2. The molecule has 0 aliphatic rings. The fourth-order valence-electron chi connectivity index (χ4n) is 3.15. The second-order valence-corrected chi connectivity index (χ2v) is 8.19. The predicted octanol–water partition coefficient (Wildman–Crippen LogP) is 6.02. The van der Waals surface area contributed by atoms with Gasteiger partial charge in [-0.1, -0.05) is 19.8 Å². The summed E-state index contributed by atoms with van der Waals surface area (Å²) in [7, 11) is 0. The van der Waals surface area contributed by atoms with E-state index in [0.717, 1.165) is 41.2 Å². The number of rotatable bonds is 9. The first-order chi connectivity index (χ1) is 16.8. The third-order valence-corrected chi connectivity index (χ3v) is 5.65. The zero-order valence-corrected chi connectivity index (χ0v) is 20.0. The van der Waals surface area contributed by atoms with Crippen LogP contribution in [-0.4, -0.2) is 35.1 Å². The van der Waals surface area contributed by atoms with Crippen molar-refractivity contribution in [2.24, 2.45) is 0 Å². The maximum Gasteiger partial charge on any atom is 0.420 e. The number of hydrogen-bond donors (Lipinski definition) is 0. The van der Waals surface area contributed by atoms with Gasteiger partial charge in [0.2, 0.25) is 0 Å². The molecule has 2 aromatic heterocycles. The molecule has 0 saturated heterocycles. The fraction of sp³-hybridized carbons (Fsp3) is 0.333. The van der Waals surface area contributed by atoms with E-state index >= 15 is 0 Å². The van der Waals surface area contributed by atoms with Crippen LogP contribution in [0.1, 0.15) is 38.7 Å². The van der Waals surface area contributed by atoms with Crippen molar-refractivity contribution < 1.29 is 32.2 Å². The van der Waals surface area contributed by atoms with Crippen LogP contribution in [0.4, 0.5) is 24.0 Å². The summed E-state index contributed by atoms with van der Waals surface area (Å²) in [6.07, 6.45) is 0.719. The molecule has 11 heteroatoms. The third kappa shape index (κ3) is 6.56. The van der Waals surface area contributed by atoms with Gasteiger partial charge in [-0.05, 0) is 43.7 Å². The Labute approximate surface area is 204 Å². The lowest BCUT2D eigenvalue weighted by Crippen LogP contribution is -2.34. The number of thiazole rings is 1. The molecule has 0 unspecified atom stereocenters. The summed E-state index contributed by atoms with van der Waals surface area (Å²) in [6.45, 7) is 3.55. The van der Waals surface area contributed by atoms with Crippen molar-refractivity contribution in [2.45, 2.75) is 39.3 Å². The number of carbonyl (C=O) groups excluding carboxylic acids is 2. The SMILES string of the molecule is CCCCCOc1ccc(N(C(=O)C(=O)OCC)c2nc(-c3cccnc3)cs2)cc1C(F)(F)F. The van der Waals surface area contributed by atoms with E-state index < -0.39 is 23.6 Å². The minimum atomic E-state index is -4.75. The smallest absolute Gasteiger partial charge is 0.420 e. The molecule has 1 aromatic carbocycles. The van der Waals surface area contributed by atoms with E-state index in [9.17, 15) is 22.8 Å². The van der Waals surface area contributed by atoms with Crippen molar-refractivity contribution in [1.82, 2.24) is 9.97 Å². The first kappa shape index (κ1) is 26.1. The Morgan fingerprint density at radius 2 is 1.94 bits per heavy atom. The van der Waals surface area contributed by atoms with Gasteiger partial charge in [0.1, 0.15) is 5.75 Å². The lowest BCUT2D eigenvalue weighted by atomic mass is 10.1. The molecule has 35 heavy (non-hydrogen) atoms. The highest BCUT2D eigenvalue weighted by Gasteiger charge is 2.37. The molecule has 3 aromatic rings. The minimum Gasteiger partial charge on any atom is -0.493 e. The number of esters is 1. The first-order valence-electron chi connectivity index (χ1n) is 11.0. The number of benzene rings is 1. The van der Waals surface area contributed by atoms with Crippen LogP contribution in [-0.2, 0) is 20.5 Å². The average molecular weight is 508 g/mol. The van der Waals surface area contributed by atoms with Crippen molar-refractivity contribution in [3.8, 4) is 17.0 Å². The van der Waals surface area contributed by atoms with Gasteiger partial charge in [0.25, 0.3) is 0 Å². The number of unbranched alkanes of at least 4 members (excludes halogenated alkanes) is 2. The number of ether oxygens (including phenoxy) is 2. The number of halogens is 3. The number of anilines is 2. The molecule has 7 nitrogen and oxygen atoms in total. The third-order valence-electron chi connectivity index (χ3n) is 4.83. The summed E-state index contributed by atoms with van der Waals surface area (Å²) in [5.41, 5.74) is -0.155. The molecule has 0 atom stereocenters. The van der Waals surface area contributed by atoms with Crippen LogP contribution in [0.3, 0.4) is 0 Å². The van der Waals surface area contributed by atoms with Gasteiger partial charge in [0.05, 0.1) is 30.2 Å². The summed E-state index contributed by atoms with van der Waals surface area (Å²) in [5, 5.41) is 1.62. The van der Waals surface area contributed by atoms with Gasteiger partial charge in [0.15, 0.2) is 5.13 Å². The van der Waals surface area contributed by atoms with E-state index in [-0.39, 0.29) is 29.8 Å². The van der Waals surface area contributed by atoms with E-state index in [0.29, 0.717) is 17.7 Å². The molecule has 1 amide bonds. The molecule has 0 fully saturated rings. The second-order valence-electron chi connectivity index (χ2n) is 7.35. The van der Waals surface area contributed by atoms with Gasteiger partial charge in [0, 0.05) is 23.3 Å². The van der Waals surface area contributed by atoms with Crippen LogP contribution < -0.4 is 9.64 Å². The maximum atomic E-state index is 13.9. The fourth-order valence-corrected chi connectivity index (χ4v) is 4.00. The predicted molar refractivity (Wildman–Crippen MR) is 126 cm³/mol. The molecule has 0 N–H and O–H groups in total. The van der Waals surface area contributed by atoms with Crippen molar-refractivity contribution in [1.29, 1.82) is 0 Å². The standard InChI is InChI=1S/C24H24F3N3O4S/c1-3-5-6-12-34-20-10-9-17(13-18(20)24(25,26)27)30(21(31)22(32)33-4-2)23-29-19(15-35-23)16-8-7-11-28-14-16/h7-11,13-15H,3-6,12H2,1-2H3. The van der Waals surface area contributed by atoms with Gasteiger partial charge in [-0.25, -0.2) is 14.7 Å². The summed E-state index contributed by atoms with van der Waals surface area (Å²) in [6, 6.07) is 6.65. The second kappa shape index (κ2) is 11.8. The molecular weight excluding hydrogens is 483 g/mol. The summed E-state index contributed by atoms with van der Waals surface area (Å²) >= 11 is 0.994. The lowest BCUT2D eigenvalue weighted by Gasteiger charge is -2.21.